The van der Waals surface area contributed by atoms with E-state index in [0.29, 0.717) is 20.2 Å². The predicted molar refractivity (Wildman–Crippen MR) is 83.5 cm³/mol. The highest BCUT2D eigenvalue weighted by Crippen LogP contribution is 2.25. The minimum Gasteiger partial charge on any atom is -0.323 e. The molecular weight excluding hydrogens is 367 g/mol. The number of anilines is 1. The van der Waals surface area contributed by atoms with Crippen molar-refractivity contribution in [3.05, 3.63) is 61.4 Å². The maximum absolute atomic E-state index is 11.9. The number of halogens is 3. The second-order valence-corrected chi connectivity index (χ2v) is 5.75. The Kier molecular flexibility index (Phi) is 4.86. The van der Waals surface area contributed by atoms with Crippen LogP contribution < -0.4 is 10.9 Å². The Labute approximate surface area is 133 Å². The van der Waals surface area contributed by atoms with E-state index in [1.165, 1.54) is 10.6 Å². The van der Waals surface area contributed by atoms with Crippen molar-refractivity contribution in [2.24, 2.45) is 0 Å². The van der Waals surface area contributed by atoms with Gasteiger partial charge in [0.2, 0.25) is 5.91 Å². The van der Waals surface area contributed by atoms with Crippen LogP contribution in [0.5, 0.6) is 0 Å². The van der Waals surface area contributed by atoms with Gasteiger partial charge in [-0.05, 0) is 40.2 Å². The normalized spacial score (nSPS) is 10.3. The summed E-state index contributed by atoms with van der Waals surface area (Å²) in [7, 11) is 0. The van der Waals surface area contributed by atoms with Gasteiger partial charge in [0, 0.05) is 21.8 Å². The zero-order valence-electron chi connectivity index (χ0n) is 10.1. The van der Waals surface area contributed by atoms with Crippen LogP contribution in [0.25, 0.3) is 0 Å². The number of amides is 1. The molecule has 4 nitrogen and oxygen atoms in total. The first kappa shape index (κ1) is 15.1. The number of nitrogens with zero attached hydrogens (tertiary/aromatic N) is 1. The molecule has 104 valence electrons. The van der Waals surface area contributed by atoms with Crippen LogP contribution in [-0.2, 0) is 11.3 Å². The fourth-order valence-electron chi connectivity index (χ4n) is 1.56. The van der Waals surface area contributed by atoms with Crippen LogP contribution in [0.4, 0.5) is 5.69 Å². The van der Waals surface area contributed by atoms with Gasteiger partial charge in [0.15, 0.2) is 0 Å². The lowest BCUT2D eigenvalue weighted by Crippen LogP contribution is -2.26. The summed E-state index contributed by atoms with van der Waals surface area (Å²) >= 11 is 15.0. The van der Waals surface area contributed by atoms with Crippen molar-refractivity contribution < 1.29 is 4.79 Å². The highest BCUT2D eigenvalue weighted by Gasteiger charge is 2.08. The van der Waals surface area contributed by atoms with Crippen molar-refractivity contribution in [1.29, 1.82) is 0 Å². The summed E-state index contributed by atoms with van der Waals surface area (Å²) in [5.41, 5.74) is 0.146. The number of carbonyl (C=O) groups is 1. The Bertz CT molecular complexity index is 716. The van der Waals surface area contributed by atoms with Gasteiger partial charge < -0.3 is 9.88 Å². The molecule has 0 radical (unpaired) electrons. The predicted octanol–water partition coefficient (Wildman–Crippen LogP) is 3.56. The second-order valence-electron chi connectivity index (χ2n) is 3.99. The molecule has 20 heavy (non-hydrogen) atoms. The first-order valence-electron chi connectivity index (χ1n) is 5.56. The van der Waals surface area contributed by atoms with Crippen LogP contribution in [-0.4, -0.2) is 10.5 Å². The quantitative estimate of drug-likeness (QED) is 0.891. The standard InChI is InChI=1S/C13H9BrCl2N2O2/c14-8-1-4-13(20)18(6-8)7-12(19)17-11-5-9(15)2-3-10(11)16/h1-6H,7H2,(H,17,19). The van der Waals surface area contributed by atoms with Crippen molar-refractivity contribution in [3.63, 3.8) is 0 Å². The van der Waals surface area contributed by atoms with Gasteiger partial charge in [-0.25, -0.2) is 0 Å². The molecule has 7 heteroatoms. The summed E-state index contributed by atoms with van der Waals surface area (Å²) in [4.78, 5) is 23.5. The van der Waals surface area contributed by atoms with Gasteiger partial charge in [0.05, 0.1) is 10.7 Å². The van der Waals surface area contributed by atoms with Crippen LogP contribution in [0.3, 0.4) is 0 Å². The highest BCUT2D eigenvalue weighted by molar-refractivity contribution is 9.10. The van der Waals surface area contributed by atoms with Crippen LogP contribution in [0.2, 0.25) is 10.0 Å². The summed E-state index contributed by atoms with van der Waals surface area (Å²) in [6.07, 6.45) is 1.54. The number of rotatable bonds is 3. The lowest BCUT2D eigenvalue weighted by Gasteiger charge is -2.09. The summed E-state index contributed by atoms with van der Waals surface area (Å²) in [5, 5.41) is 3.46. The van der Waals surface area contributed by atoms with Gasteiger partial charge in [0.25, 0.3) is 5.56 Å². The molecule has 0 atom stereocenters. The lowest BCUT2D eigenvalue weighted by molar-refractivity contribution is -0.116. The Morgan fingerprint density at radius 1 is 1.25 bits per heavy atom. The van der Waals surface area contributed by atoms with E-state index in [4.69, 9.17) is 23.2 Å². The van der Waals surface area contributed by atoms with E-state index in [1.54, 1.807) is 30.5 Å². The topological polar surface area (TPSA) is 51.1 Å². The monoisotopic (exact) mass is 374 g/mol. The number of aromatic nitrogens is 1. The first-order chi connectivity index (χ1) is 9.45. The molecule has 0 fully saturated rings. The SMILES string of the molecule is O=C(Cn1cc(Br)ccc1=O)Nc1cc(Cl)ccc1Cl. The van der Waals surface area contributed by atoms with Crippen LogP contribution in [0.1, 0.15) is 0 Å². The van der Waals surface area contributed by atoms with Crippen LogP contribution >= 0.6 is 39.1 Å². The van der Waals surface area contributed by atoms with Crippen molar-refractivity contribution in [2.45, 2.75) is 6.54 Å². The average molecular weight is 376 g/mol. The molecule has 2 rings (SSSR count). The fourth-order valence-corrected chi connectivity index (χ4v) is 2.28. The number of carbonyl (C=O) groups excluding carboxylic acids is 1. The van der Waals surface area contributed by atoms with E-state index >= 15 is 0 Å². The van der Waals surface area contributed by atoms with Crippen molar-refractivity contribution in [3.8, 4) is 0 Å². The van der Waals surface area contributed by atoms with Gasteiger partial charge in [-0.2, -0.15) is 0 Å². The van der Waals surface area contributed by atoms with Crippen LogP contribution in [0.15, 0.2) is 45.8 Å². The Hall–Kier alpha value is -1.30. The molecule has 0 unspecified atom stereocenters. The number of hydrogen-bond acceptors (Lipinski definition) is 2. The van der Waals surface area contributed by atoms with Gasteiger partial charge in [-0.3, -0.25) is 9.59 Å². The molecule has 1 heterocycles. The number of nitrogens with one attached hydrogen (secondary N) is 1. The molecular formula is C13H9BrCl2N2O2. The molecule has 0 aliphatic carbocycles. The molecule has 0 aliphatic heterocycles. The van der Waals surface area contributed by atoms with E-state index in [2.05, 4.69) is 21.2 Å². The first-order valence-corrected chi connectivity index (χ1v) is 7.11. The molecule has 1 aromatic heterocycles. The highest BCUT2D eigenvalue weighted by atomic mass is 79.9. The van der Waals surface area contributed by atoms with Gasteiger partial charge in [-0.1, -0.05) is 23.2 Å². The molecule has 0 saturated heterocycles. The molecule has 1 N–H and O–H groups in total. The van der Waals surface area contributed by atoms with Crippen molar-refractivity contribution >= 4 is 50.7 Å². The maximum Gasteiger partial charge on any atom is 0.251 e. The summed E-state index contributed by atoms with van der Waals surface area (Å²) in [6, 6.07) is 7.75. The third kappa shape index (κ3) is 3.85. The third-order valence-corrected chi connectivity index (χ3v) is 3.50. The van der Waals surface area contributed by atoms with Crippen LogP contribution in [0, 0.1) is 0 Å². The summed E-state index contributed by atoms with van der Waals surface area (Å²) in [6.45, 7) is -0.110. The maximum atomic E-state index is 11.9. The van der Waals surface area contributed by atoms with Gasteiger partial charge >= 0.3 is 0 Å². The molecule has 0 aliphatic rings. The van der Waals surface area contributed by atoms with E-state index in [9.17, 15) is 9.59 Å². The van der Waals surface area contributed by atoms with Crippen molar-refractivity contribution in [2.75, 3.05) is 5.32 Å². The van der Waals surface area contributed by atoms with Crippen molar-refractivity contribution in [1.82, 2.24) is 4.57 Å². The Balaban J connectivity index is 2.15. The van der Waals surface area contributed by atoms with Gasteiger partial charge in [0.1, 0.15) is 6.54 Å². The number of benzene rings is 1. The fraction of sp³-hybridized carbons (Fsp3) is 0.0769. The molecule has 0 saturated carbocycles. The molecule has 2 aromatic rings. The molecule has 0 bridgehead atoms. The zero-order chi connectivity index (χ0) is 14.7. The number of pyridine rings is 1. The minimum absolute atomic E-state index is 0.110. The zero-order valence-corrected chi connectivity index (χ0v) is 13.2. The van der Waals surface area contributed by atoms with E-state index < -0.39 is 0 Å². The molecule has 1 amide bonds. The Morgan fingerprint density at radius 3 is 2.75 bits per heavy atom. The average Bonchev–Trinajstić information content (AvgIpc) is 2.38. The van der Waals surface area contributed by atoms with E-state index in [0.717, 1.165) is 0 Å². The largest absolute Gasteiger partial charge is 0.323 e. The third-order valence-electron chi connectivity index (χ3n) is 2.46. The van der Waals surface area contributed by atoms with E-state index in [1.807, 2.05) is 0 Å². The Morgan fingerprint density at radius 2 is 2.00 bits per heavy atom. The number of hydrogen-bond donors (Lipinski definition) is 1. The van der Waals surface area contributed by atoms with Gasteiger partial charge in [-0.15, -0.1) is 0 Å². The molecule has 1 aromatic carbocycles. The second kappa shape index (κ2) is 6.43. The molecule has 0 spiro atoms. The lowest BCUT2D eigenvalue weighted by atomic mass is 10.3. The van der Waals surface area contributed by atoms with E-state index in [-0.39, 0.29) is 18.0 Å². The summed E-state index contributed by atoms with van der Waals surface area (Å²) in [5.74, 6) is -0.366. The smallest absolute Gasteiger partial charge is 0.251 e. The minimum atomic E-state index is -0.366. The summed E-state index contributed by atoms with van der Waals surface area (Å²) < 4.78 is 2.00.